The fourth-order valence-corrected chi connectivity index (χ4v) is 3.01. The van der Waals surface area contributed by atoms with Gasteiger partial charge in [0.15, 0.2) is 0 Å². The number of carboxylic acids is 1. The average Bonchev–Trinajstić information content (AvgIpc) is 3.08. The normalized spacial score (nSPS) is 11.8. The average molecular weight is 401 g/mol. The molecular formula is C20H17ClN2O5. The molecule has 28 heavy (non-hydrogen) atoms. The van der Waals surface area contributed by atoms with Crippen LogP contribution in [0.1, 0.15) is 22.5 Å². The third-order valence-electron chi connectivity index (χ3n) is 4.10. The highest BCUT2D eigenvalue weighted by Crippen LogP contribution is 2.23. The molecule has 1 heterocycles. The Hall–Kier alpha value is -3.32. The number of H-pyrrole nitrogens is 1. The molecule has 0 spiro atoms. The number of halogens is 1. The molecule has 1 aromatic heterocycles. The van der Waals surface area contributed by atoms with E-state index in [9.17, 15) is 14.4 Å². The summed E-state index contributed by atoms with van der Waals surface area (Å²) in [6.07, 6.45) is 1.17. The first kappa shape index (κ1) is 19.4. The van der Waals surface area contributed by atoms with Crippen LogP contribution in [0.3, 0.4) is 0 Å². The van der Waals surface area contributed by atoms with E-state index in [2.05, 4.69) is 10.3 Å². The lowest BCUT2D eigenvalue weighted by Crippen LogP contribution is -2.38. The summed E-state index contributed by atoms with van der Waals surface area (Å²) in [5, 5.41) is 12.4. The largest absolute Gasteiger partial charge is 0.481 e. The standard InChI is InChI=1S/C20H17ClN2O5/c21-15-3-1-2-14(9-15)13-6-4-12(5-7-13)8-16(10-18(24)25)23-19(26)17-11-22-20(27)28-17/h1-7,9,11,16H,8,10H2,(H,22,27)(H,23,26)(H,24,25). The molecule has 0 bridgehead atoms. The Morgan fingerprint density at radius 3 is 2.50 bits per heavy atom. The highest BCUT2D eigenvalue weighted by molar-refractivity contribution is 6.30. The zero-order valence-corrected chi connectivity index (χ0v) is 15.4. The topological polar surface area (TPSA) is 112 Å². The van der Waals surface area contributed by atoms with E-state index in [1.165, 1.54) is 0 Å². The summed E-state index contributed by atoms with van der Waals surface area (Å²) in [5.74, 6) is -2.65. The zero-order valence-electron chi connectivity index (χ0n) is 14.6. The van der Waals surface area contributed by atoms with Gasteiger partial charge in [0.2, 0.25) is 5.76 Å². The van der Waals surface area contributed by atoms with Gasteiger partial charge in [-0.3, -0.25) is 14.6 Å². The van der Waals surface area contributed by atoms with Gasteiger partial charge in [-0.25, -0.2) is 4.79 Å². The van der Waals surface area contributed by atoms with E-state index in [0.29, 0.717) is 11.4 Å². The third-order valence-corrected chi connectivity index (χ3v) is 4.33. The lowest BCUT2D eigenvalue weighted by molar-refractivity contribution is -0.137. The van der Waals surface area contributed by atoms with Crippen molar-refractivity contribution in [2.24, 2.45) is 0 Å². The van der Waals surface area contributed by atoms with Crippen molar-refractivity contribution in [2.75, 3.05) is 0 Å². The van der Waals surface area contributed by atoms with Crippen molar-refractivity contribution < 1.29 is 19.1 Å². The molecule has 3 aromatic rings. The molecule has 2 aromatic carbocycles. The molecule has 0 saturated carbocycles. The van der Waals surface area contributed by atoms with E-state index in [1.807, 2.05) is 42.5 Å². The highest BCUT2D eigenvalue weighted by Gasteiger charge is 2.19. The molecule has 0 aliphatic heterocycles. The maximum Gasteiger partial charge on any atom is 0.416 e. The molecule has 3 N–H and O–H groups in total. The van der Waals surface area contributed by atoms with Crippen LogP contribution in [-0.4, -0.2) is 28.0 Å². The van der Waals surface area contributed by atoms with Crippen molar-refractivity contribution >= 4 is 23.5 Å². The maximum absolute atomic E-state index is 12.1. The summed E-state index contributed by atoms with van der Waals surface area (Å²) in [5.41, 5.74) is 2.80. The number of carboxylic acid groups (broad SMARTS) is 1. The van der Waals surface area contributed by atoms with Crippen LogP contribution >= 0.6 is 11.6 Å². The van der Waals surface area contributed by atoms with Gasteiger partial charge < -0.3 is 14.8 Å². The number of aromatic amines is 1. The van der Waals surface area contributed by atoms with Gasteiger partial charge in [-0.05, 0) is 35.2 Å². The van der Waals surface area contributed by atoms with Crippen LogP contribution in [0, 0.1) is 0 Å². The van der Waals surface area contributed by atoms with E-state index in [4.69, 9.17) is 21.1 Å². The van der Waals surface area contributed by atoms with Crippen molar-refractivity contribution in [3.63, 3.8) is 0 Å². The van der Waals surface area contributed by atoms with Crippen LogP contribution in [0.15, 0.2) is 63.9 Å². The summed E-state index contributed by atoms with van der Waals surface area (Å²) in [7, 11) is 0. The molecular weight excluding hydrogens is 384 g/mol. The molecule has 0 fully saturated rings. The summed E-state index contributed by atoms with van der Waals surface area (Å²) in [4.78, 5) is 36.5. The summed E-state index contributed by atoms with van der Waals surface area (Å²) in [6.45, 7) is 0. The fraction of sp³-hybridized carbons (Fsp3) is 0.150. The number of amides is 1. The number of carbonyl (C=O) groups is 2. The summed E-state index contributed by atoms with van der Waals surface area (Å²) < 4.78 is 4.69. The smallest absolute Gasteiger partial charge is 0.416 e. The van der Waals surface area contributed by atoms with Gasteiger partial charge in [-0.2, -0.15) is 0 Å². The Kier molecular flexibility index (Phi) is 5.96. The molecule has 0 radical (unpaired) electrons. The number of nitrogens with one attached hydrogen (secondary N) is 2. The van der Waals surface area contributed by atoms with Gasteiger partial charge >= 0.3 is 11.7 Å². The number of rotatable bonds is 7. The van der Waals surface area contributed by atoms with E-state index < -0.39 is 23.7 Å². The number of aliphatic carboxylic acids is 1. The first-order valence-corrected chi connectivity index (χ1v) is 8.84. The van der Waals surface area contributed by atoms with Gasteiger partial charge in [0.05, 0.1) is 12.6 Å². The second-order valence-electron chi connectivity index (χ2n) is 6.22. The Morgan fingerprint density at radius 2 is 1.89 bits per heavy atom. The van der Waals surface area contributed by atoms with Gasteiger partial charge in [0.25, 0.3) is 5.91 Å². The van der Waals surface area contributed by atoms with Crippen LogP contribution in [0.4, 0.5) is 0 Å². The Balaban J connectivity index is 1.72. The minimum Gasteiger partial charge on any atom is -0.481 e. The zero-order chi connectivity index (χ0) is 20.1. The third kappa shape index (κ3) is 5.11. The predicted octanol–water partition coefficient (Wildman–Crippen LogP) is 3.10. The highest BCUT2D eigenvalue weighted by atomic mass is 35.5. The quantitative estimate of drug-likeness (QED) is 0.564. The van der Waals surface area contributed by atoms with Crippen molar-refractivity contribution in [3.05, 3.63) is 81.6 Å². The summed E-state index contributed by atoms with van der Waals surface area (Å²) in [6, 6.07) is 14.4. The second kappa shape index (κ2) is 8.58. The van der Waals surface area contributed by atoms with Gasteiger partial charge in [-0.15, -0.1) is 0 Å². The van der Waals surface area contributed by atoms with Crippen LogP contribution in [0.5, 0.6) is 0 Å². The van der Waals surface area contributed by atoms with E-state index >= 15 is 0 Å². The number of hydrogen-bond acceptors (Lipinski definition) is 4. The maximum atomic E-state index is 12.1. The minimum absolute atomic E-state index is 0.198. The van der Waals surface area contributed by atoms with Crippen molar-refractivity contribution in [1.82, 2.24) is 10.3 Å². The first-order valence-electron chi connectivity index (χ1n) is 8.47. The second-order valence-corrected chi connectivity index (χ2v) is 6.66. The molecule has 3 rings (SSSR count). The Labute approximate surface area is 165 Å². The lowest BCUT2D eigenvalue weighted by Gasteiger charge is -2.16. The fourth-order valence-electron chi connectivity index (χ4n) is 2.82. The molecule has 144 valence electrons. The van der Waals surface area contributed by atoms with Gasteiger partial charge in [-0.1, -0.05) is 48.0 Å². The number of hydrogen-bond donors (Lipinski definition) is 3. The van der Waals surface area contributed by atoms with Crippen molar-refractivity contribution in [3.8, 4) is 11.1 Å². The molecule has 7 nitrogen and oxygen atoms in total. The molecule has 1 amide bonds. The first-order chi connectivity index (χ1) is 13.4. The van der Waals surface area contributed by atoms with Crippen molar-refractivity contribution in [1.29, 1.82) is 0 Å². The number of benzene rings is 2. The van der Waals surface area contributed by atoms with Crippen molar-refractivity contribution in [2.45, 2.75) is 18.9 Å². The number of oxazole rings is 1. The summed E-state index contributed by atoms with van der Waals surface area (Å²) >= 11 is 6.02. The van der Waals surface area contributed by atoms with Crippen LogP contribution < -0.4 is 11.1 Å². The Morgan fingerprint density at radius 1 is 1.14 bits per heavy atom. The SMILES string of the molecule is O=C(O)CC(Cc1ccc(-c2cccc(Cl)c2)cc1)NC(=O)c1c[nH]c(=O)o1. The number of carbonyl (C=O) groups excluding carboxylic acids is 1. The molecule has 1 unspecified atom stereocenters. The minimum atomic E-state index is -1.05. The van der Waals surface area contributed by atoms with E-state index in [1.54, 1.807) is 6.07 Å². The predicted molar refractivity (Wildman–Crippen MR) is 103 cm³/mol. The van der Waals surface area contributed by atoms with E-state index in [-0.39, 0.29) is 12.2 Å². The molecule has 0 saturated heterocycles. The molecule has 0 aliphatic rings. The van der Waals surface area contributed by atoms with Gasteiger partial charge in [0, 0.05) is 11.1 Å². The molecule has 8 heteroatoms. The van der Waals surface area contributed by atoms with Gasteiger partial charge in [0.1, 0.15) is 0 Å². The van der Waals surface area contributed by atoms with E-state index in [0.717, 1.165) is 22.9 Å². The number of aromatic nitrogens is 1. The lowest BCUT2D eigenvalue weighted by atomic mass is 9.99. The van der Waals surface area contributed by atoms with Crippen LogP contribution in [0.25, 0.3) is 11.1 Å². The molecule has 0 aliphatic carbocycles. The van der Waals surface area contributed by atoms with Crippen LogP contribution in [0.2, 0.25) is 5.02 Å². The monoisotopic (exact) mass is 400 g/mol. The van der Waals surface area contributed by atoms with Crippen LogP contribution in [-0.2, 0) is 11.2 Å². The molecule has 1 atom stereocenters. The Bertz CT molecular complexity index is 1040.